The molecule has 29 heavy (non-hydrogen) atoms. The van der Waals surface area contributed by atoms with Crippen LogP contribution in [-0.4, -0.2) is 35.8 Å². The Morgan fingerprint density at radius 3 is 2.79 bits per heavy atom. The fourth-order valence-corrected chi connectivity index (χ4v) is 3.91. The third-order valence-corrected chi connectivity index (χ3v) is 5.41. The molecule has 0 unspecified atom stereocenters. The average molecular weight is 476 g/mol. The lowest BCUT2D eigenvalue weighted by Crippen LogP contribution is -2.04. The van der Waals surface area contributed by atoms with Crippen LogP contribution < -0.4 is 14.8 Å². The van der Waals surface area contributed by atoms with Gasteiger partial charge in [-0.25, -0.2) is 4.98 Å². The second kappa shape index (κ2) is 9.19. The maximum atomic E-state index is 9.71. The van der Waals surface area contributed by atoms with Crippen LogP contribution in [0.2, 0.25) is 0 Å². The Labute approximate surface area is 183 Å². The van der Waals surface area contributed by atoms with Crippen molar-refractivity contribution in [2.24, 2.45) is 0 Å². The predicted octanol–water partition coefficient (Wildman–Crippen LogP) is 5.25. The molecule has 4 rings (SSSR count). The molecule has 2 aromatic heterocycles. The Morgan fingerprint density at radius 1 is 1.14 bits per heavy atom. The number of aromatic nitrogens is 2. The molecule has 2 heterocycles. The summed E-state index contributed by atoms with van der Waals surface area (Å²) < 4.78 is 10.7. The van der Waals surface area contributed by atoms with E-state index in [1.54, 1.807) is 37.7 Å². The molecule has 0 atom stereocenters. The highest BCUT2D eigenvalue weighted by molar-refractivity contribution is 8.93. The first kappa shape index (κ1) is 21.0. The van der Waals surface area contributed by atoms with Crippen LogP contribution >= 0.6 is 28.3 Å². The number of rotatable bonds is 7. The number of ether oxygens (including phenoxy) is 2. The van der Waals surface area contributed by atoms with Crippen molar-refractivity contribution in [3.63, 3.8) is 0 Å². The molecule has 6 nitrogen and oxygen atoms in total. The molecule has 0 aliphatic carbocycles. The van der Waals surface area contributed by atoms with Crippen LogP contribution in [-0.2, 0) is 6.42 Å². The number of nitrogens with one attached hydrogen (secondary N) is 2. The molecule has 0 bridgehead atoms. The summed E-state index contributed by atoms with van der Waals surface area (Å²) in [6.07, 6.45) is 2.81. The summed E-state index contributed by atoms with van der Waals surface area (Å²) in [5.74, 6) is 1.76. The number of phenolic OH excluding ortho intramolecular Hbond substituents is 1. The number of H-pyrrole nitrogens is 1. The molecule has 0 amide bonds. The first-order valence-electron chi connectivity index (χ1n) is 8.88. The quantitative estimate of drug-likeness (QED) is 0.340. The van der Waals surface area contributed by atoms with Crippen molar-refractivity contribution < 1.29 is 14.6 Å². The number of aromatic hydroxyl groups is 1. The number of methoxy groups -OCH3 is 2. The molecule has 0 saturated heterocycles. The number of hydrogen-bond donors (Lipinski definition) is 3. The zero-order chi connectivity index (χ0) is 19.5. The van der Waals surface area contributed by atoms with Gasteiger partial charge in [0.2, 0.25) is 0 Å². The van der Waals surface area contributed by atoms with Crippen LogP contribution in [0, 0.1) is 0 Å². The molecule has 4 aromatic rings. The average Bonchev–Trinajstić information content (AvgIpc) is 3.34. The van der Waals surface area contributed by atoms with Crippen molar-refractivity contribution in [1.82, 2.24) is 9.97 Å². The Bertz CT molecular complexity index is 1110. The number of nitrogens with zero attached hydrogens (tertiary/aromatic N) is 1. The van der Waals surface area contributed by atoms with Crippen LogP contribution in [0.1, 0.15) is 5.56 Å². The van der Waals surface area contributed by atoms with E-state index in [4.69, 9.17) is 9.47 Å². The van der Waals surface area contributed by atoms with Gasteiger partial charge in [-0.3, -0.25) is 0 Å². The second-order valence-corrected chi connectivity index (χ2v) is 7.18. The smallest absolute Gasteiger partial charge is 0.183 e. The van der Waals surface area contributed by atoms with Gasteiger partial charge >= 0.3 is 0 Å². The molecule has 152 valence electrons. The number of halogens is 1. The lowest BCUT2D eigenvalue weighted by Gasteiger charge is -2.08. The summed E-state index contributed by atoms with van der Waals surface area (Å²) >= 11 is 1.56. The van der Waals surface area contributed by atoms with Gasteiger partial charge in [0.1, 0.15) is 17.2 Å². The first-order chi connectivity index (χ1) is 13.7. The zero-order valence-corrected chi connectivity index (χ0v) is 18.6. The number of fused-ring (bicyclic) bond motifs is 1. The number of thiazole rings is 1. The Balaban J connectivity index is 0.00000240. The summed E-state index contributed by atoms with van der Waals surface area (Å²) in [7, 11) is 3.27. The summed E-state index contributed by atoms with van der Waals surface area (Å²) in [4.78, 5) is 7.91. The molecular weight excluding hydrogens is 454 g/mol. The van der Waals surface area contributed by atoms with Crippen molar-refractivity contribution in [2.45, 2.75) is 6.42 Å². The second-order valence-electron chi connectivity index (χ2n) is 6.32. The normalized spacial score (nSPS) is 10.6. The lowest BCUT2D eigenvalue weighted by atomic mass is 10.1. The molecule has 2 aromatic carbocycles. The van der Waals surface area contributed by atoms with Gasteiger partial charge < -0.3 is 24.9 Å². The summed E-state index contributed by atoms with van der Waals surface area (Å²) in [5.41, 5.74) is 3.98. The Hall–Kier alpha value is -2.71. The maximum Gasteiger partial charge on any atom is 0.183 e. The van der Waals surface area contributed by atoms with Crippen LogP contribution in [0.5, 0.6) is 17.2 Å². The predicted molar refractivity (Wildman–Crippen MR) is 123 cm³/mol. The highest BCUT2D eigenvalue weighted by Crippen LogP contribution is 2.34. The molecule has 0 fully saturated rings. The van der Waals surface area contributed by atoms with E-state index in [-0.39, 0.29) is 22.7 Å². The minimum Gasteiger partial charge on any atom is -0.508 e. The van der Waals surface area contributed by atoms with E-state index in [2.05, 4.69) is 15.3 Å². The lowest BCUT2D eigenvalue weighted by molar-refractivity contribution is 0.395. The van der Waals surface area contributed by atoms with Gasteiger partial charge in [-0.1, -0.05) is 0 Å². The van der Waals surface area contributed by atoms with E-state index >= 15 is 0 Å². The topological polar surface area (TPSA) is 79.4 Å². The molecule has 8 heteroatoms. The molecule has 0 radical (unpaired) electrons. The Kier molecular flexibility index (Phi) is 6.66. The molecule has 0 aliphatic heterocycles. The minimum atomic E-state index is 0. The number of benzene rings is 2. The van der Waals surface area contributed by atoms with Gasteiger partial charge in [0, 0.05) is 40.7 Å². The third-order valence-electron chi connectivity index (χ3n) is 4.61. The van der Waals surface area contributed by atoms with E-state index in [0.29, 0.717) is 0 Å². The number of anilines is 1. The van der Waals surface area contributed by atoms with E-state index in [0.717, 1.165) is 57.3 Å². The van der Waals surface area contributed by atoms with Gasteiger partial charge in [-0.05, 0) is 42.3 Å². The monoisotopic (exact) mass is 475 g/mol. The number of phenols is 1. The number of hydrogen-bond acceptors (Lipinski definition) is 6. The van der Waals surface area contributed by atoms with Crippen molar-refractivity contribution in [1.29, 1.82) is 0 Å². The van der Waals surface area contributed by atoms with Gasteiger partial charge in [0.05, 0.1) is 19.9 Å². The standard InChI is InChI=1S/C21H21N3O3S.BrH/c1-26-15-4-5-16(20(10-15)27-2)19-12-28-21(24-19)22-8-7-13-11-23-18-6-3-14(25)9-17(13)18;/h3-6,9-12,23,25H,7-8H2,1-2H3,(H,22,24);1H. The van der Waals surface area contributed by atoms with Crippen molar-refractivity contribution in [2.75, 3.05) is 26.1 Å². The van der Waals surface area contributed by atoms with E-state index in [1.807, 2.05) is 35.8 Å². The highest BCUT2D eigenvalue weighted by atomic mass is 79.9. The van der Waals surface area contributed by atoms with Crippen molar-refractivity contribution in [3.05, 3.63) is 53.5 Å². The molecule has 0 spiro atoms. The maximum absolute atomic E-state index is 9.71. The SMILES string of the molecule is Br.COc1ccc(-c2csc(NCCc3c[nH]c4ccc(O)cc34)n2)c(OC)c1. The van der Waals surface area contributed by atoms with Crippen LogP contribution in [0.25, 0.3) is 22.2 Å². The highest BCUT2D eigenvalue weighted by Gasteiger charge is 2.11. The van der Waals surface area contributed by atoms with Crippen LogP contribution in [0.15, 0.2) is 48.0 Å². The zero-order valence-electron chi connectivity index (χ0n) is 16.1. The fourth-order valence-electron chi connectivity index (χ4n) is 3.17. The van der Waals surface area contributed by atoms with E-state index < -0.39 is 0 Å². The van der Waals surface area contributed by atoms with Gasteiger partial charge in [-0.2, -0.15) is 0 Å². The van der Waals surface area contributed by atoms with Gasteiger partial charge in [0.25, 0.3) is 0 Å². The summed E-state index contributed by atoms with van der Waals surface area (Å²) in [5, 5.41) is 17.0. The van der Waals surface area contributed by atoms with E-state index in [1.165, 1.54) is 0 Å². The van der Waals surface area contributed by atoms with Crippen molar-refractivity contribution in [3.8, 4) is 28.5 Å². The molecule has 0 aliphatic rings. The fraction of sp³-hybridized carbons (Fsp3) is 0.190. The summed E-state index contributed by atoms with van der Waals surface area (Å²) in [6, 6.07) is 11.1. The first-order valence-corrected chi connectivity index (χ1v) is 9.76. The van der Waals surface area contributed by atoms with Gasteiger partial charge in [0.15, 0.2) is 5.13 Å². The number of aromatic amines is 1. The summed E-state index contributed by atoms with van der Waals surface area (Å²) in [6.45, 7) is 0.745. The van der Waals surface area contributed by atoms with E-state index in [9.17, 15) is 5.11 Å². The van der Waals surface area contributed by atoms with Crippen LogP contribution in [0.3, 0.4) is 0 Å². The molecule has 0 saturated carbocycles. The molecular formula is C21H22BrN3O3S. The third kappa shape index (κ3) is 4.49. The van der Waals surface area contributed by atoms with Crippen molar-refractivity contribution >= 4 is 44.4 Å². The minimum absolute atomic E-state index is 0. The van der Waals surface area contributed by atoms with Crippen LogP contribution in [0.4, 0.5) is 5.13 Å². The molecule has 3 N–H and O–H groups in total. The Morgan fingerprint density at radius 2 is 2.00 bits per heavy atom. The van der Waals surface area contributed by atoms with Gasteiger partial charge in [-0.15, -0.1) is 28.3 Å². The largest absolute Gasteiger partial charge is 0.508 e.